The van der Waals surface area contributed by atoms with Crippen molar-refractivity contribution in [3.8, 4) is 17.4 Å². The van der Waals surface area contributed by atoms with Crippen molar-refractivity contribution in [1.82, 2.24) is 30.2 Å². The highest BCUT2D eigenvalue weighted by Crippen LogP contribution is 2.45. The average molecular weight is 815 g/mol. The van der Waals surface area contributed by atoms with E-state index in [1.807, 2.05) is 4.72 Å². The van der Waals surface area contributed by atoms with E-state index in [-0.39, 0.29) is 35.2 Å². The highest BCUT2D eigenvalue weighted by molar-refractivity contribution is 7.90. The summed E-state index contributed by atoms with van der Waals surface area (Å²) < 4.78 is 91.5. The number of amides is 4. The standard InChI is InChI=1S/C36H49F3N6O10S/c1-12-19-16-35(19,31(48)44-56(50,51)18(2)3)43-27(46)23-13-20(17-45(23)29(47)26(33(4,5)6)41-32(49)55-34(7,8)9)54-28-21-14-24(52-10)25(53-11)15-22(21)40-30(42-28)36(37,38)39/h12,14-15,18-20,23,26H,1,13,16-17H2,2-11H3,(H,41,49)(H,43,46)(H,44,48)/t19?,20-,23?,26-,35?/m1/s1. The SMILES string of the molecule is C=CC1CC1(NC(=O)C1C[C@@H](Oc2nc(C(F)(F)F)nc3cc(OC)c(OC)cc23)CN1C(=O)[C@@H](NC(=O)OC(C)(C)C)C(C)(C)C)C(=O)NS(=O)(=O)C(C)C. The predicted octanol–water partition coefficient (Wildman–Crippen LogP) is 3.87. The van der Waals surface area contributed by atoms with E-state index in [2.05, 4.69) is 27.2 Å². The van der Waals surface area contributed by atoms with Gasteiger partial charge in [0.2, 0.25) is 33.5 Å². The number of hydrogen-bond acceptors (Lipinski definition) is 12. The molecule has 1 aliphatic carbocycles. The molecule has 2 heterocycles. The van der Waals surface area contributed by atoms with Gasteiger partial charge in [-0.2, -0.15) is 18.2 Å². The van der Waals surface area contributed by atoms with E-state index in [4.69, 9.17) is 18.9 Å². The summed E-state index contributed by atoms with van der Waals surface area (Å²) in [4.78, 5) is 63.6. The number of alkyl halides is 3. The zero-order valence-electron chi connectivity index (χ0n) is 32.9. The molecule has 4 amide bonds. The molecular formula is C36H49F3N6O10S. The molecule has 56 heavy (non-hydrogen) atoms. The van der Waals surface area contributed by atoms with Gasteiger partial charge in [-0.3, -0.25) is 19.1 Å². The monoisotopic (exact) mass is 814 g/mol. The van der Waals surface area contributed by atoms with Crippen LogP contribution in [0.2, 0.25) is 0 Å². The number of sulfonamides is 1. The van der Waals surface area contributed by atoms with Crippen LogP contribution in [0.5, 0.6) is 17.4 Å². The average Bonchev–Trinajstić information content (AvgIpc) is 3.63. The minimum atomic E-state index is -5.00. The van der Waals surface area contributed by atoms with Crippen LogP contribution in [0.1, 0.15) is 74.1 Å². The van der Waals surface area contributed by atoms with Crippen LogP contribution in [0.4, 0.5) is 18.0 Å². The van der Waals surface area contributed by atoms with E-state index in [1.165, 1.54) is 46.3 Å². The molecule has 3 N–H and O–H groups in total. The third kappa shape index (κ3) is 9.55. The van der Waals surface area contributed by atoms with Gasteiger partial charge in [0.05, 0.1) is 36.9 Å². The van der Waals surface area contributed by atoms with Crippen LogP contribution in [0.3, 0.4) is 0 Å². The first-order valence-electron chi connectivity index (χ1n) is 17.7. The summed E-state index contributed by atoms with van der Waals surface area (Å²) in [6.45, 7) is 15.9. The number of ether oxygens (including phenoxy) is 4. The van der Waals surface area contributed by atoms with Crippen molar-refractivity contribution in [2.75, 3.05) is 20.8 Å². The van der Waals surface area contributed by atoms with Crippen molar-refractivity contribution in [3.05, 3.63) is 30.6 Å². The number of aromatic nitrogens is 2. The summed E-state index contributed by atoms with van der Waals surface area (Å²) >= 11 is 0. The summed E-state index contributed by atoms with van der Waals surface area (Å²) in [6, 6.07) is -0.220. The second-order valence-corrected chi connectivity index (χ2v) is 18.3. The minimum Gasteiger partial charge on any atom is -0.493 e. The predicted molar refractivity (Wildman–Crippen MR) is 196 cm³/mol. The molecule has 5 atom stereocenters. The van der Waals surface area contributed by atoms with E-state index in [9.17, 15) is 40.8 Å². The van der Waals surface area contributed by atoms with Gasteiger partial charge >= 0.3 is 12.3 Å². The van der Waals surface area contributed by atoms with Crippen molar-refractivity contribution in [3.63, 3.8) is 0 Å². The van der Waals surface area contributed by atoms with Gasteiger partial charge in [-0.15, -0.1) is 6.58 Å². The summed E-state index contributed by atoms with van der Waals surface area (Å²) in [6.07, 6.45) is -6.08. The molecule has 1 aromatic carbocycles. The molecule has 2 fully saturated rings. The quantitative estimate of drug-likeness (QED) is 0.262. The lowest BCUT2D eigenvalue weighted by Gasteiger charge is -2.36. The third-order valence-corrected chi connectivity index (χ3v) is 10.9. The van der Waals surface area contributed by atoms with Crippen molar-refractivity contribution in [2.24, 2.45) is 11.3 Å². The lowest BCUT2D eigenvalue weighted by molar-refractivity contribution is -0.145. The summed E-state index contributed by atoms with van der Waals surface area (Å²) in [5.74, 6) is -5.23. The summed E-state index contributed by atoms with van der Waals surface area (Å²) in [5, 5.41) is 4.21. The molecular weight excluding hydrogens is 765 g/mol. The molecule has 2 aliphatic rings. The molecule has 310 valence electrons. The molecule has 0 spiro atoms. The fourth-order valence-corrected chi connectivity index (χ4v) is 6.77. The Morgan fingerprint density at radius 2 is 1.62 bits per heavy atom. The number of methoxy groups -OCH3 is 2. The number of nitrogens with one attached hydrogen (secondary N) is 3. The van der Waals surface area contributed by atoms with Gasteiger partial charge in [-0.25, -0.2) is 18.2 Å². The van der Waals surface area contributed by atoms with Crippen LogP contribution in [0.25, 0.3) is 10.9 Å². The fraction of sp³-hybridized carbons (Fsp3) is 0.611. The van der Waals surface area contributed by atoms with Crippen LogP contribution >= 0.6 is 0 Å². The first-order valence-corrected chi connectivity index (χ1v) is 19.2. The Hall–Kier alpha value is -4.88. The second-order valence-electron chi connectivity index (χ2n) is 16.0. The van der Waals surface area contributed by atoms with E-state index < -0.39 is 104 Å². The van der Waals surface area contributed by atoms with Gasteiger partial charge in [0.1, 0.15) is 29.3 Å². The number of carbonyl (C=O) groups is 4. The Morgan fingerprint density at radius 1 is 1.02 bits per heavy atom. The lowest BCUT2D eigenvalue weighted by atomic mass is 9.85. The van der Waals surface area contributed by atoms with Crippen LogP contribution in [-0.4, -0.2) is 102 Å². The number of likely N-dealkylation sites (tertiary alicyclic amines) is 1. The molecule has 0 bridgehead atoms. The zero-order valence-corrected chi connectivity index (χ0v) is 33.7. The van der Waals surface area contributed by atoms with E-state index in [1.54, 1.807) is 41.5 Å². The smallest absolute Gasteiger partial charge is 0.451 e. The molecule has 16 nitrogen and oxygen atoms in total. The van der Waals surface area contributed by atoms with Gasteiger partial charge in [-0.05, 0) is 52.5 Å². The first-order chi connectivity index (χ1) is 25.7. The number of fused-ring (bicyclic) bond motifs is 1. The molecule has 3 unspecified atom stereocenters. The number of halogens is 3. The second kappa shape index (κ2) is 15.6. The van der Waals surface area contributed by atoms with Crippen molar-refractivity contribution >= 4 is 44.7 Å². The Balaban J connectivity index is 1.78. The number of benzene rings is 1. The molecule has 1 aromatic heterocycles. The van der Waals surface area contributed by atoms with Crippen LogP contribution in [0.15, 0.2) is 24.8 Å². The summed E-state index contributed by atoms with van der Waals surface area (Å²) in [7, 11) is -1.51. The van der Waals surface area contributed by atoms with Crippen LogP contribution in [-0.2, 0) is 35.3 Å². The minimum absolute atomic E-state index is 0.00520. The Kier molecular flexibility index (Phi) is 12.2. The summed E-state index contributed by atoms with van der Waals surface area (Å²) in [5.41, 5.74) is -3.86. The fourth-order valence-electron chi connectivity index (χ4n) is 6.09. The first kappa shape index (κ1) is 43.8. The van der Waals surface area contributed by atoms with Gasteiger partial charge in [0, 0.05) is 18.4 Å². The number of alkyl carbamates (subject to hydrolysis) is 1. The third-order valence-electron chi connectivity index (χ3n) is 9.23. The van der Waals surface area contributed by atoms with Gasteiger partial charge < -0.3 is 34.5 Å². The maximum atomic E-state index is 14.5. The normalized spacial score (nSPS) is 21.9. The van der Waals surface area contributed by atoms with E-state index in [0.29, 0.717) is 0 Å². The molecule has 20 heteroatoms. The molecule has 1 aliphatic heterocycles. The van der Waals surface area contributed by atoms with Crippen molar-refractivity contribution in [2.45, 2.75) is 109 Å². The maximum absolute atomic E-state index is 14.5. The van der Waals surface area contributed by atoms with Crippen LogP contribution in [0, 0.1) is 11.3 Å². The topological polar surface area (TPSA) is 204 Å². The Morgan fingerprint density at radius 3 is 2.12 bits per heavy atom. The molecule has 1 saturated carbocycles. The number of rotatable bonds is 12. The molecule has 1 saturated heterocycles. The Labute approximate surface area is 323 Å². The maximum Gasteiger partial charge on any atom is 0.451 e. The zero-order chi connectivity index (χ0) is 42.3. The van der Waals surface area contributed by atoms with Gasteiger partial charge in [-0.1, -0.05) is 26.8 Å². The highest BCUT2D eigenvalue weighted by atomic mass is 32.2. The number of hydrogen-bond donors (Lipinski definition) is 3. The lowest BCUT2D eigenvalue weighted by Crippen LogP contribution is -2.60. The van der Waals surface area contributed by atoms with Crippen LogP contribution < -0.4 is 29.6 Å². The van der Waals surface area contributed by atoms with Crippen molar-refractivity contribution in [1.29, 1.82) is 0 Å². The number of nitrogens with zero attached hydrogens (tertiary/aromatic N) is 3. The molecule has 4 rings (SSSR count). The molecule has 0 radical (unpaired) electrons. The van der Waals surface area contributed by atoms with E-state index in [0.717, 1.165) is 4.90 Å². The molecule has 2 aromatic rings. The number of carbonyl (C=O) groups excluding carboxylic acids is 4. The van der Waals surface area contributed by atoms with Gasteiger partial charge in [0.25, 0.3) is 5.91 Å². The van der Waals surface area contributed by atoms with E-state index >= 15 is 0 Å². The largest absolute Gasteiger partial charge is 0.493 e. The van der Waals surface area contributed by atoms with Crippen molar-refractivity contribution < 1.29 is 59.7 Å². The Bertz CT molecular complexity index is 2000. The van der Waals surface area contributed by atoms with Gasteiger partial charge in [0.15, 0.2) is 11.5 Å². The highest BCUT2D eigenvalue weighted by Gasteiger charge is 2.61.